The van der Waals surface area contributed by atoms with Gasteiger partial charge in [-0.25, -0.2) is 0 Å². The van der Waals surface area contributed by atoms with Crippen molar-refractivity contribution in [3.8, 4) is 6.07 Å². The molecule has 0 amide bonds. The van der Waals surface area contributed by atoms with Gasteiger partial charge in [-0.1, -0.05) is 0 Å². The third kappa shape index (κ3) is 13.5. The van der Waals surface area contributed by atoms with Gasteiger partial charge in [-0.15, -0.1) is 6.42 Å². The first-order chi connectivity index (χ1) is 9.24. The van der Waals surface area contributed by atoms with E-state index in [1.54, 1.807) is 20.8 Å². The van der Waals surface area contributed by atoms with Crippen LogP contribution in [0.25, 0.3) is 0 Å². The van der Waals surface area contributed by atoms with Crippen LogP contribution in [0.15, 0.2) is 10.2 Å². The van der Waals surface area contributed by atoms with E-state index < -0.39 is 11.1 Å². The van der Waals surface area contributed by atoms with Crippen LogP contribution in [0.1, 0.15) is 53.9 Å². The van der Waals surface area contributed by atoms with Gasteiger partial charge < -0.3 is 18.6 Å². The Morgan fingerprint density at radius 2 is 1.70 bits per heavy atom. The first-order valence-corrected chi connectivity index (χ1v) is 6.65. The number of hydrogen-bond donors (Lipinski definition) is 0. The van der Waals surface area contributed by atoms with Crippen LogP contribution in [0.3, 0.4) is 0 Å². The predicted octanol–water partition coefficient (Wildman–Crippen LogP) is 3.81. The molecule has 0 aliphatic rings. The summed E-state index contributed by atoms with van der Waals surface area (Å²) in [5, 5.41) is 17.1. The molecule has 0 aliphatic carbocycles. The summed E-state index contributed by atoms with van der Waals surface area (Å²) < 4.78 is 7.94. The number of carbonyl (C=O) groups excluding carboxylic acids is 1. The molecule has 1 unspecified atom stereocenters. The van der Waals surface area contributed by atoms with Crippen molar-refractivity contribution in [1.29, 1.82) is 5.26 Å². The fourth-order valence-electron chi connectivity index (χ4n) is 0.906. The van der Waals surface area contributed by atoms with Gasteiger partial charge in [0.1, 0.15) is 11.3 Å². The van der Waals surface area contributed by atoms with Crippen molar-refractivity contribution in [3.63, 3.8) is 0 Å². The zero-order valence-electron chi connectivity index (χ0n) is 13.0. The molecular weight excluding hydrogens is 301 g/mol. The third-order valence-corrected chi connectivity index (χ3v) is 2.36. The van der Waals surface area contributed by atoms with Crippen LogP contribution in [-0.2, 0) is 24.3 Å². The normalized spacial score (nSPS) is 13.2. The Kier molecular flexibility index (Phi) is 15.8. The first-order valence-electron chi connectivity index (χ1n) is 6.23. The Morgan fingerprint density at radius 1 is 1.25 bits per heavy atom. The predicted molar refractivity (Wildman–Crippen MR) is 74.6 cm³/mol. The number of rotatable bonds is 6. The van der Waals surface area contributed by atoms with E-state index in [9.17, 15) is 4.79 Å². The van der Waals surface area contributed by atoms with Crippen LogP contribution in [0.5, 0.6) is 0 Å². The van der Waals surface area contributed by atoms with Gasteiger partial charge >= 0.3 is 19.5 Å². The van der Waals surface area contributed by atoms with Crippen molar-refractivity contribution in [1.82, 2.24) is 0 Å². The summed E-state index contributed by atoms with van der Waals surface area (Å²) >= 11 is 2.31. The van der Waals surface area contributed by atoms with Gasteiger partial charge in [-0.3, -0.25) is 0 Å². The van der Waals surface area contributed by atoms with E-state index >= 15 is 0 Å². The van der Waals surface area contributed by atoms with E-state index in [2.05, 4.69) is 45.8 Å². The molecule has 0 saturated heterocycles. The monoisotopic (exact) mass is 326 g/mol. The zero-order chi connectivity index (χ0) is 16.8. The SMILES string of the molecule is [CH2-]C.[CH2-]CC(C)(C#N)N=NC(C)(C)CCC(C)=O.[O]=[Co]. The summed E-state index contributed by atoms with van der Waals surface area (Å²) in [5.41, 5.74) is -1.26. The third-order valence-electron chi connectivity index (χ3n) is 2.36. The van der Waals surface area contributed by atoms with Crippen LogP contribution < -0.4 is 0 Å². The number of carbonyl (C=O) groups is 1. The molecule has 0 N–H and O–H groups in total. The molecule has 0 aromatic carbocycles. The van der Waals surface area contributed by atoms with Gasteiger partial charge in [0.25, 0.3) is 0 Å². The topological polar surface area (TPSA) is 82.7 Å². The number of nitrogens with zero attached hydrogens (tertiary/aromatic N) is 3. The maximum atomic E-state index is 10.9. The molecule has 0 heterocycles. The van der Waals surface area contributed by atoms with Gasteiger partial charge in [-0.2, -0.15) is 22.4 Å². The second kappa shape index (κ2) is 13.1. The minimum atomic E-state index is -0.854. The van der Waals surface area contributed by atoms with E-state index in [1.807, 2.05) is 13.8 Å². The number of Topliss-reactive ketones (excluding diaryl/α,β-unsaturated/α-hetero) is 1. The van der Waals surface area contributed by atoms with Crippen molar-refractivity contribution < 1.29 is 24.3 Å². The molecule has 0 radical (unpaired) electrons. The van der Waals surface area contributed by atoms with Gasteiger partial charge in [0.2, 0.25) is 0 Å². The van der Waals surface area contributed by atoms with Crippen LogP contribution >= 0.6 is 0 Å². The number of hydrogen-bond acceptors (Lipinski definition) is 5. The quantitative estimate of drug-likeness (QED) is 0.549. The van der Waals surface area contributed by atoms with Crippen LogP contribution in [0.4, 0.5) is 0 Å². The zero-order valence-corrected chi connectivity index (χ0v) is 14.1. The van der Waals surface area contributed by atoms with Gasteiger partial charge in [0.15, 0.2) is 0 Å². The number of ketones is 1. The standard InChI is InChI=1S/C12H20N3O.C2H5.Co.O/c1-6-12(5,9-13)15-14-11(3,4)8-7-10(2)16;1-2;;/h1,6-8H2,2-5H3;1H2,2H3;;/q2*-1;;. The Hall–Kier alpha value is -0.934. The molecule has 20 heavy (non-hydrogen) atoms. The Bertz CT molecular complexity index is 338. The molecule has 0 bridgehead atoms. The first kappa shape index (κ1) is 24.1. The number of nitriles is 1. The Labute approximate surface area is 131 Å². The van der Waals surface area contributed by atoms with E-state index in [0.717, 1.165) is 0 Å². The van der Waals surface area contributed by atoms with E-state index in [4.69, 9.17) is 9.13 Å². The number of azo groups is 1. The van der Waals surface area contributed by atoms with Gasteiger partial charge in [0, 0.05) is 6.42 Å². The molecule has 0 spiro atoms. The van der Waals surface area contributed by atoms with Crippen LogP contribution in [0.2, 0.25) is 0 Å². The second-order valence-corrected chi connectivity index (χ2v) is 4.85. The Morgan fingerprint density at radius 3 is 2.00 bits per heavy atom. The molecule has 0 rings (SSSR count). The van der Waals surface area contributed by atoms with Crippen molar-refractivity contribution in [2.45, 2.75) is 65.0 Å². The van der Waals surface area contributed by atoms with E-state index in [-0.39, 0.29) is 5.78 Å². The van der Waals surface area contributed by atoms with Crippen molar-refractivity contribution in [3.05, 3.63) is 13.8 Å². The molecule has 119 valence electrons. The van der Waals surface area contributed by atoms with Crippen molar-refractivity contribution >= 4 is 5.78 Å². The van der Waals surface area contributed by atoms with E-state index in [1.165, 1.54) is 0 Å². The van der Waals surface area contributed by atoms with Crippen LogP contribution in [-0.4, -0.2) is 16.9 Å². The molecule has 6 heteroatoms. The summed E-state index contributed by atoms with van der Waals surface area (Å²) in [6.07, 6.45) is 1.51. The summed E-state index contributed by atoms with van der Waals surface area (Å²) in [6, 6.07) is 2.08. The fourth-order valence-corrected chi connectivity index (χ4v) is 0.906. The average molecular weight is 326 g/mol. The molecule has 5 nitrogen and oxygen atoms in total. The summed E-state index contributed by atoms with van der Waals surface area (Å²) in [7, 11) is 0. The Balaban J connectivity index is -0.000000656. The van der Waals surface area contributed by atoms with Crippen molar-refractivity contribution in [2.24, 2.45) is 10.2 Å². The summed E-state index contributed by atoms with van der Waals surface area (Å²) in [5.74, 6) is 0.142. The second-order valence-electron chi connectivity index (χ2n) is 4.85. The minimum absolute atomic E-state index is 0.142. The van der Waals surface area contributed by atoms with Crippen molar-refractivity contribution in [2.75, 3.05) is 0 Å². The average Bonchev–Trinajstić information content (AvgIpc) is 2.47. The molecule has 1 atom stereocenters. The molecule has 0 saturated carbocycles. The van der Waals surface area contributed by atoms with Gasteiger partial charge in [0.05, 0.1) is 11.6 Å². The van der Waals surface area contributed by atoms with E-state index in [0.29, 0.717) is 19.3 Å². The molecular formula is C14H25CoN3O2-2. The van der Waals surface area contributed by atoms with Gasteiger partial charge in [-0.05, 0) is 34.1 Å². The molecule has 0 aliphatic heterocycles. The summed E-state index contributed by atoms with van der Waals surface area (Å²) in [4.78, 5) is 10.9. The van der Waals surface area contributed by atoms with Crippen LogP contribution in [0, 0.1) is 25.2 Å². The maximum absolute atomic E-state index is 10.9. The fraction of sp³-hybridized carbons (Fsp3) is 0.714. The molecule has 0 aromatic rings. The molecule has 0 aromatic heterocycles. The molecule has 0 fully saturated rings. The summed E-state index contributed by atoms with van der Waals surface area (Å²) in [6.45, 7) is 15.7.